The molecule has 0 radical (unpaired) electrons. The lowest BCUT2D eigenvalue weighted by Gasteiger charge is -2.10. The molecule has 6 nitrogen and oxygen atoms in total. The van der Waals surface area contributed by atoms with E-state index in [9.17, 15) is 8.42 Å². The van der Waals surface area contributed by atoms with Crippen LogP contribution in [0.3, 0.4) is 0 Å². The van der Waals surface area contributed by atoms with Gasteiger partial charge >= 0.3 is 0 Å². The first kappa shape index (κ1) is 14.8. The third-order valence-electron chi connectivity index (χ3n) is 3.03. The summed E-state index contributed by atoms with van der Waals surface area (Å²) >= 11 is 0. The van der Waals surface area contributed by atoms with Crippen molar-refractivity contribution in [3.63, 3.8) is 0 Å². The van der Waals surface area contributed by atoms with E-state index >= 15 is 0 Å². The van der Waals surface area contributed by atoms with Crippen LogP contribution in [0.25, 0.3) is 0 Å². The van der Waals surface area contributed by atoms with Crippen molar-refractivity contribution < 1.29 is 12.8 Å². The molecule has 3 N–H and O–H groups in total. The minimum absolute atomic E-state index is 0.159. The molecule has 2 rings (SSSR count). The Bertz CT molecular complexity index is 657. The van der Waals surface area contributed by atoms with E-state index in [0.29, 0.717) is 6.54 Å². The predicted octanol–water partition coefficient (Wildman–Crippen LogP) is 1.60. The van der Waals surface area contributed by atoms with Gasteiger partial charge in [-0.2, -0.15) is 0 Å². The van der Waals surface area contributed by atoms with Gasteiger partial charge in [-0.3, -0.25) is 0 Å². The fourth-order valence-electron chi connectivity index (χ4n) is 1.94. The summed E-state index contributed by atoms with van der Waals surface area (Å²) < 4.78 is 33.8. The first-order chi connectivity index (χ1) is 9.44. The Morgan fingerprint density at radius 1 is 1.45 bits per heavy atom. The van der Waals surface area contributed by atoms with E-state index in [2.05, 4.69) is 4.72 Å². The van der Waals surface area contributed by atoms with Crippen LogP contribution in [0.4, 0.5) is 0 Å². The monoisotopic (exact) mass is 297 g/mol. The molecule has 0 amide bonds. The van der Waals surface area contributed by atoms with E-state index in [0.717, 1.165) is 11.3 Å². The van der Waals surface area contributed by atoms with Crippen molar-refractivity contribution >= 4 is 10.0 Å². The quantitative estimate of drug-likeness (QED) is 0.847. The number of aromatic nitrogens is 1. The Balaban J connectivity index is 2.21. The second-order valence-electron chi connectivity index (χ2n) is 4.83. The van der Waals surface area contributed by atoms with Crippen LogP contribution in [0.5, 0.6) is 0 Å². The number of furan rings is 1. The molecule has 0 saturated heterocycles. The molecule has 7 heteroatoms. The number of nitrogens with two attached hydrogens (primary N) is 1. The fraction of sp³-hybridized carbons (Fsp3) is 0.385. The Morgan fingerprint density at radius 2 is 2.20 bits per heavy atom. The molecule has 0 aliphatic heterocycles. The van der Waals surface area contributed by atoms with E-state index in [-0.39, 0.29) is 17.5 Å². The van der Waals surface area contributed by atoms with Crippen molar-refractivity contribution in [2.45, 2.75) is 37.9 Å². The molecule has 0 atom stereocenters. The summed E-state index contributed by atoms with van der Waals surface area (Å²) in [7, 11) is -3.55. The summed E-state index contributed by atoms with van der Waals surface area (Å²) in [4.78, 5) is 0.232. The van der Waals surface area contributed by atoms with Crippen LogP contribution in [0, 0.1) is 0 Å². The highest BCUT2D eigenvalue weighted by atomic mass is 32.2. The maximum Gasteiger partial charge on any atom is 0.242 e. The maximum absolute atomic E-state index is 12.2. The van der Waals surface area contributed by atoms with Crippen LogP contribution in [0.15, 0.2) is 40.2 Å². The molecule has 20 heavy (non-hydrogen) atoms. The largest absolute Gasteiger partial charge is 0.472 e. The Hall–Kier alpha value is -1.57. The summed E-state index contributed by atoms with van der Waals surface area (Å²) in [5.74, 6) is 0. The van der Waals surface area contributed by atoms with Crippen LogP contribution in [-0.4, -0.2) is 13.0 Å². The van der Waals surface area contributed by atoms with Gasteiger partial charge in [-0.05, 0) is 26.0 Å². The molecule has 0 bridgehead atoms. The first-order valence-corrected chi connectivity index (χ1v) is 7.84. The molecular formula is C13H19N3O3S. The second kappa shape index (κ2) is 5.82. The molecule has 0 saturated carbocycles. The summed E-state index contributed by atoms with van der Waals surface area (Å²) in [6.07, 6.45) is 4.63. The van der Waals surface area contributed by atoms with Gasteiger partial charge in [-0.15, -0.1) is 0 Å². The molecule has 2 aromatic rings. The lowest BCUT2D eigenvalue weighted by Crippen LogP contribution is -2.22. The molecule has 0 fully saturated rings. The van der Waals surface area contributed by atoms with Crippen LogP contribution in [-0.2, 0) is 23.1 Å². The summed E-state index contributed by atoms with van der Waals surface area (Å²) in [6, 6.07) is 3.48. The highest BCUT2D eigenvalue weighted by Crippen LogP contribution is 2.18. The molecule has 0 aliphatic carbocycles. The highest BCUT2D eigenvalue weighted by molar-refractivity contribution is 7.89. The van der Waals surface area contributed by atoms with Crippen LogP contribution >= 0.6 is 0 Å². The Labute approximate surface area is 118 Å². The average Bonchev–Trinajstić information content (AvgIpc) is 3.05. The van der Waals surface area contributed by atoms with Crippen molar-refractivity contribution in [1.29, 1.82) is 0 Å². The molecular weight excluding hydrogens is 278 g/mol. The zero-order valence-electron chi connectivity index (χ0n) is 11.5. The molecule has 0 unspecified atom stereocenters. The lowest BCUT2D eigenvalue weighted by molar-refractivity contribution is 0.560. The average molecular weight is 297 g/mol. The normalized spacial score (nSPS) is 12.2. The molecule has 110 valence electrons. The van der Waals surface area contributed by atoms with E-state index < -0.39 is 10.0 Å². The van der Waals surface area contributed by atoms with Crippen LogP contribution in [0.2, 0.25) is 0 Å². The minimum atomic E-state index is -3.55. The van der Waals surface area contributed by atoms with Gasteiger partial charge in [-0.25, -0.2) is 13.1 Å². The molecule has 0 aromatic carbocycles. The zero-order chi connectivity index (χ0) is 14.8. The number of nitrogens with zero attached hydrogens (tertiary/aromatic N) is 1. The fourth-order valence-corrected chi connectivity index (χ4v) is 3.01. The minimum Gasteiger partial charge on any atom is -0.472 e. The van der Waals surface area contributed by atoms with Gasteiger partial charge in [0.25, 0.3) is 0 Å². The number of nitrogens with one attached hydrogen (secondary N) is 1. The molecule has 0 spiro atoms. The molecule has 2 heterocycles. The standard InChI is InChI=1S/C13H19N3O3S/c1-10(2)16-8-13(5-12(16)6-14)20(17,18)15-7-11-3-4-19-9-11/h3-5,8-10,15H,6-7,14H2,1-2H3. The zero-order valence-corrected chi connectivity index (χ0v) is 12.4. The SMILES string of the molecule is CC(C)n1cc(S(=O)(=O)NCc2ccoc2)cc1CN. The third-order valence-corrected chi connectivity index (χ3v) is 4.40. The summed E-state index contributed by atoms with van der Waals surface area (Å²) in [5.41, 5.74) is 7.22. The summed E-state index contributed by atoms with van der Waals surface area (Å²) in [5, 5.41) is 0. The van der Waals surface area contributed by atoms with E-state index in [1.807, 2.05) is 18.4 Å². The van der Waals surface area contributed by atoms with Crippen molar-refractivity contribution in [3.05, 3.63) is 42.1 Å². The van der Waals surface area contributed by atoms with E-state index in [4.69, 9.17) is 10.2 Å². The first-order valence-electron chi connectivity index (χ1n) is 6.35. The highest BCUT2D eigenvalue weighted by Gasteiger charge is 2.18. The predicted molar refractivity (Wildman–Crippen MR) is 75.4 cm³/mol. The Morgan fingerprint density at radius 3 is 2.70 bits per heavy atom. The topological polar surface area (TPSA) is 90.3 Å². The Kier molecular flexibility index (Phi) is 4.32. The second-order valence-corrected chi connectivity index (χ2v) is 6.60. The third kappa shape index (κ3) is 3.12. The van der Waals surface area contributed by atoms with Gasteiger partial charge in [0, 0.05) is 36.6 Å². The van der Waals surface area contributed by atoms with E-state index in [1.165, 1.54) is 12.5 Å². The van der Waals surface area contributed by atoms with Gasteiger partial charge in [0.2, 0.25) is 10.0 Å². The van der Waals surface area contributed by atoms with Crippen molar-refractivity contribution in [2.24, 2.45) is 5.73 Å². The molecule has 0 aliphatic rings. The van der Waals surface area contributed by atoms with Gasteiger partial charge in [0.05, 0.1) is 17.4 Å². The van der Waals surface area contributed by atoms with Crippen LogP contribution < -0.4 is 10.5 Å². The van der Waals surface area contributed by atoms with E-state index in [1.54, 1.807) is 18.3 Å². The van der Waals surface area contributed by atoms with Gasteiger partial charge in [-0.1, -0.05) is 0 Å². The smallest absolute Gasteiger partial charge is 0.242 e. The lowest BCUT2D eigenvalue weighted by atomic mass is 10.3. The number of hydrogen-bond donors (Lipinski definition) is 2. The maximum atomic E-state index is 12.2. The molecule has 2 aromatic heterocycles. The van der Waals surface area contributed by atoms with Gasteiger partial charge < -0.3 is 14.7 Å². The van der Waals surface area contributed by atoms with Gasteiger partial charge in [0.15, 0.2) is 0 Å². The van der Waals surface area contributed by atoms with Crippen molar-refractivity contribution in [1.82, 2.24) is 9.29 Å². The van der Waals surface area contributed by atoms with Gasteiger partial charge in [0.1, 0.15) is 0 Å². The summed E-state index contributed by atoms with van der Waals surface area (Å²) in [6.45, 7) is 4.46. The number of hydrogen-bond acceptors (Lipinski definition) is 4. The van der Waals surface area contributed by atoms with Crippen molar-refractivity contribution in [2.75, 3.05) is 0 Å². The number of sulfonamides is 1. The van der Waals surface area contributed by atoms with Crippen molar-refractivity contribution in [3.8, 4) is 0 Å². The number of rotatable bonds is 6. The van der Waals surface area contributed by atoms with Crippen LogP contribution in [0.1, 0.15) is 31.1 Å².